The molecule has 0 N–H and O–H groups in total. The molecular formula is C31H29NO5. The zero-order chi connectivity index (χ0) is 26.1. The third-order valence-electron chi connectivity index (χ3n) is 6.79. The molecule has 1 amide bonds. The fourth-order valence-corrected chi connectivity index (χ4v) is 4.81. The summed E-state index contributed by atoms with van der Waals surface area (Å²) in [6.45, 7) is 6.20. The second-order valence-corrected chi connectivity index (χ2v) is 9.48. The summed E-state index contributed by atoms with van der Waals surface area (Å²) in [6.07, 6.45) is 3.22. The molecule has 37 heavy (non-hydrogen) atoms. The standard InChI is InChI=1S/C31H29NO5/c1-4-5-6-17-36-24-14-10-22(11-15-24)28-27-29(34)25-18-19(2)7-16-26(25)37-30(27)31(35)32(28)23-12-8-21(9-13-23)20(3)33/h7-16,18,28H,4-6,17H2,1-3H3. The number of benzene rings is 3. The quantitative estimate of drug-likeness (QED) is 0.203. The van der Waals surface area contributed by atoms with E-state index in [1.54, 1.807) is 41.3 Å². The number of ether oxygens (including phenoxy) is 1. The Balaban J connectivity index is 1.62. The maximum absolute atomic E-state index is 13.8. The van der Waals surface area contributed by atoms with Gasteiger partial charge in [0.25, 0.3) is 5.91 Å². The van der Waals surface area contributed by atoms with Gasteiger partial charge in [-0.15, -0.1) is 0 Å². The van der Waals surface area contributed by atoms with Gasteiger partial charge < -0.3 is 9.15 Å². The van der Waals surface area contributed by atoms with Gasteiger partial charge in [-0.2, -0.15) is 0 Å². The van der Waals surface area contributed by atoms with Crippen molar-refractivity contribution in [1.29, 1.82) is 0 Å². The number of Topliss-reactive ketones (excluding diaryl/α,β-unsaturated/α-hetero) is 1. The molecule has 1 aliphatic heterocycles. The third kappa shape index (κ3) is 4.55. The molecule has 0 spiro atoms. The van der Waals surface area contributed by atoms with Crippen LogP contribution in [0.4, 0.5) is 5.69 Å². The van der Waals surface area contributed by atoms with Gasteiger partial charge in [-0.1, -0.05) is 43.5 Å². The van der Waals surface area contributed by atoms with Crippen molar-refractivity contribution >= 4 is 28.3 Å². The average molecular weight is 496 g/mol. The van der Waals surface area contributed by atoms with Gasteiger partial charge in [0.05, 0.1) is 23.6 Å². The van der Waals surface area contributed by atoms with E-state index in [2.05, 4.69) is 6.92 Å². The summed E-state index contributed by atoms with van der Waals surface area (Å²) in [6, 6.07) is 19.0. The number of unbranched alkanes of at least 4 members (excludes halogenated alkanes) is 2. The average Bonchev–Trinajstić information content (AvgIpc) is 3.20. The first kappa shape index (κ1) is 24.5. The van der Waals surface area contributed by atoms with Crippen LogP contribution in [-0.2, 0) is 0 Å². The number of rotatable bonds is 8. The van der Waals surface area contributed by atoms with Gasteiger partial charge in [0.2, 0.25) is 5.76 Å². The van der Waals surface area contributed by atoms with Crippen LogP contribution in [0.5, 0.6) is 5.75 Å². The van der Waals surface area contributed by atoms with E-state index in [1.807, 2.05) is 37.3 Å². The highest BCUT2D eigenvalue weighted by Crippen LogP contribution is 2.41. The van der Waals surface area contributed by atoms with E-state index in [9.17, 15) is 14.4 Å². The Hall–Kier alpha value is -4.19. The summed E-state index contributed by atoms with van der Waals surface area (Å²) in [4.78, 5) is 40.9. The number of carbonyl (C=O) groups is 2. The smallest absolute Gasteiger partial charge is 0.295 e. The van der Waals surface area contributed by atoms with Crippen LogP contribution in [0.15, 0.2) is 75.9 Å². The molecule has 0 bridgehead atoms. The number of hydrogen-bond donors (Lipinski definition) is 0. The van der Waals surface area contributed by atoms with Crippen molar-refractivity contribution in [3.63, 3.8) is 0 Å². The van der Waals surface area contributed by atoms with Crippen molar-refractivity contribution in [2.75, 3.05) is 11.5 Å². The Morgan fingerprint density at radius 2 is 1.70 bits per heavy atom. The van der Waals surface area contributed by atoms with Gasteiger partial charge >= 0.3 is 0 Å². The molecule has 6 heteroatoms. The minimum Gasteiger partial charge on any atom is -0.494 e. The number of nitrogens with zero attached hydrogens (tertiary/aromatic N) is 1. The number of hydrogen-bond acceptors (Lipinski definition) is 5. The van der Waals surface area contributed by atoms with Crippen LogP contribution in [0.1, 0.15) is 76.8 Å². The molecule has 3 aromatic carbocycles. The van der Waals surface area contributed by atoms with Gasteiger partial charge in [-0.25, -0.2) is 0 Å². The van der Waals surface area contributed by atoms with Gasteiger partial charge in [-0.3, -0.25) is 19.3 Å². The second kappa shape index (κ2) is 10.1. The Labute approximate surface area is 215 Å². The van der Waals surface area contributed by atoms with Crippen LogP contribution < -0.4 is 15.1 Å². The Morgan fingerprint density at radius 3 is 2.38 bits per heavy atom. The molecule has 0 fully saturated rings. The van der Waals surface area contributed by atoms with Crippen LogP contribution in [-0.4, -0.2) is 18.3 Å². The zero-order valence-electron chi connectivity index (χ0n) is 21.2. The second-order valence-electron chi connectivity index (χ2n) is 9.48. The minimum absolute atomic E-state index is 0.0434. The summed E-state index contributed by atoms with van der Waals surface area (Å²) in [5.74, 6) is 0.326. The van der Waals surface area contributed by atoms with E-state index in [-0.39, 0.29) is 17.0 Å². The van der Waals surface area contributed by atoms with Gasteiger partial charge in [0.15, 0.2) is 11.2 Å². The molecule has 4 aromatic rings. The predicted molar refractivity (Wildman–Crippen MR) is 144 cm³/mol. The number of fused-ring (bicyclic) bond motifs is 2. The fraction of sp³-hybridized carbons (Fsp3) is 0.258. The van der Waals surface area contributed by atoms with E-state index in [0.717, 1.165) is 36.1 Å². The monoisotopic (exact) mass is 495 g/mol. The van der Waals surface area contributed by atoms with E-state index < -0.39 is 11.9 Å². The molecule has 1 unspecified atom stereocenters. The summed E-state index contributed by atoms with van der Waals surface area (Å²) in [5.41, 5.74) is 3.29. The van der Waals surface area contributed by atoms with Gasteiger partial charge in [0, 0.05) is 11.3 Å². The summed E-state index contributed by atoms with van der Waals surface area (Å²) < 4.78 is 11.9. The normalized spacial score (nSPS) is 14.7. The van der Waals surface area contributed by atoms with Crippen molar-refractivity contribution < 1.29 is 18.7 Å². The van der Waals surface area contributed by atoms with Crippen LogP contribution in [0, 0.1) is 6.92 Å². The lowest BCUT2D eigenvalue weighted by molar-refractivity contribution is 0.0970. The molecule has 0 saturated carbocycles. The van der Waals surface area contributed by atoms with Crippen LogP contribution in [0.2, 0.25) is 0 Å². The Morgan fingerprint density at radius 1 is 0.973 bits per heavy atom. The number of ketones is 1. The molecule has 5 rings (SSSR count). The predicted octanol–water partition coefficient (Wildman–Crippen LogP) is 6.62. The highest BCUT2D eigenvalue weighted by Gasteiger charge is 2.43. The molecule has 6 nitrogen and oxygen atoms in total. The molecule has 1 aliphatic rings. The minimum atomic E-state index is -0.680. The van der Waals surface area contributed by atoms with Crippen molar-refractivity contribution in [1.82, 2.24) is 0 Å². The number of anilines is 1. The topological polar surface area (TPSA) is 76.8 Å². The molecule has 1 atom stereocenters. The van der Waals surface area contributed by atoms with Gasteiger partial charge in [0.1, 0.15) is 11.3 Å². The summed E-state index contributed by atoms with van der Waals surface area (Å²) in [7, 11) is 0. The molecule has 188 valence electrons. The van der Waals surface area contributed by atoms with E-state index >= 15 is 0 Å². The molecule has 2 heterocycles. The number of amides is 1. The number of aryl methyl sites for hydroxylation is 1. The number of carbonyl (C=O) groups excluding carboxylic acids is 2. The van der Waals surface area contributed by atoms with E-state index in [4.69, 9.17) is 9.15 Å². The molecular weight excluding hydrogens is 466 g/mol. The lowest BCUT2D eigenvalue weighted by atomic mass is 9.97. The highest BCUT2D eigenvalue weighted by atomic mass is 16.5. The van der Waals surface area contributed by atoms with Crippen LogP contribution in [0.3, 0.4) is 0 Å². The third-order valence-corrected chi connectivity index (χ3v) is 6.79. The Kier molecular flexibility index (Phi) is 6.66. The summed E-state index contributed by atoms with van der Waals surface area (Å²) >= 11 is 0. The zero-order valence-corrected chi connectivity index (χ0v) is 21.2. The maximum atomic E-state index is 13.8. The molecule has 0 radical (unpaired) electrons. The lowest BCUT2D eigenvalue weighted by Gasteiger charge is -2.25. The first-order valence-corrected chi connectivity index (χ1v) is 12.6. The summed E-state index contributed by atoms with van der Waals surface area (Å²) in [5, 5.41) is 0.446. The largest absolute Gasteiger partial charge is 0.494 e. The lowest BCUT2D eigenvalue weighted by Crippen LogP contribution is -2.29. The van der Waals surface area contributed by atoms with Crippen LogP contribution in [0.25, 0.3) is 11.0 Å². The van der Waals surface area contributed by atoms with Crippen LogP contribution >= 0.6 is 0 Å². The molecule has 0 saturated heterocycles. The highest BCUT2D eigenvalue weighted by molar-refractivity contribution is 6.11. The first-order valence-electron chi connectivity index (χ1n) is 12.6. The fourth-order valence-electron chi connectivity index (χ4n) is 4.81. The first-order chi connectivity index (χ1) is 17.9. The molecule has 0 aliphatic carbocycles. The van der Waals surface area contributed by atoms with Gasteiger partial charge in [-0.05, 0) is 74.4 Å². The van der Waals surface area contributed by atoms with E-state index in [1.165, 1.54) is 6.92 Å². The van der Waals surface area contributed by atoms with Crippen molar-refractivity contribution in [3.05, 3.63) is 105 Å². The SMILES string of the molecule is CCCCCOc1ccc(C2c3c(oc4ccc(C)cc4c3=O)C(=O)N2c2ccc(C(C)=O)cc2)cc1. The van der Waals surface area contributed by atoms with Crippen molar-refractivity contribution in [2.45, 2.75) is 46.1 Å². The Bertz CT molecular complexity index is 1530. The molecule has 1 aromatic heterocycles. The van der Waals surface area contributed by atoms with Crippen molar-refractivity contribution in [2.24, 2.45) is 0 Å². The van der Waals surface area contributed by atoms with Crippen molar-refractivity contribution in [3.8, 4) is 5.75 Å². The van der Waals surface area contributed by atoms with E-state index in [0.29, 0.717) is 34.4 Å². The maximum Gasteiger partial charge on any atom is 0.295 e.